The van der Waals surface area contributed by atoms with Gasteiger partial charge < -0.3 is 5.32 Å². The number of hydrogen-bond acceptors (Lipinski definition) is 4. The number of likely N-dealkylation sites (N-methyl/N-ethyl adjacent to an activating group) is 1. The van der Waals surface area contributed by atoms with Crippen molar-refractivity contribution in [2.45, 2.75) is 44.3 Å². The summed E-state index contributed by atoms with van der Waals surface area (Å²) in [6.07, 6.45) is -4.15. The van der Waals surface area contributed by atoms with Gasteiger partial charge in [0.1, 0.15) is 0 Å². The lowest BCUT2D eigenvalue weighted by Crippen LogP contribution is -2.40. The van der Waals surface area contributed by atoms with E-state index in [2.05, 4.69) is 5.32 Å². The number of nitrogens with zero attached hydrogens (tertiary/aromatic N) is 1. The molecule has 2 aromatic carbocycles. The predicted octanol–water partition coefficient (Wildman–Crippen LogP) is 4.43. The summed E-state index contributed by atoms with van der Waals surface area (Å²) < 4.78 is 65.7. The SMILES string of the molecule is CC(=O)c1ccc(S(=O)(=O)N(C)CC(=O)NC(CC(C)C)c2cccc(C(F)(F)F)c2)cc1. The summed E-state index contributed by atoms with van der Waals surface area (Å²) in [5.74, 6) is -0.798. The summed E-state index contributed by atoms with van der Waals surface area (Å²) in [5, 5.41) is 2.66. The molecule has 0 aliphatic rings. The number of Topliss-reactive ketones (excluding diaryl/α,β-unsaturated/α-hetero) is 1. The third-order valence-corrected chi connectivity index (χ3v) is 6.81. The molecule has 0 saturated carbocycles. The molecule has 10 heteroatoms. The molecule has 33 heavy (non-hydrogen) atoms. The third kappa shape index (κ3) is 7.13. The Kier molecular flexibility index (Phi) is 8.42. The van der Waals surface area contributed by atoms with Crippen molar-refractivity contribution >= 4 is 21.7 Å². The number of nitrogens with one attached hydrogen (secondary N) is 1. The highest BCUT2D eigenvalue weighted by atomic mass is 32.2. The van der Waals surface area contributed by atoms with Crippen LogP contribution in [0.4, 0.5) is 13.2 Å². The van der Waals surface area contributed by atoms with Crippen LogP contribution in [0.1, 0.15) is 54.7 Å². The number of halogens is 3. The highest BCUT2D eigenvalue weighted by molar-refractivity contribution is 7.89. The standard InChI is InChI=1S/C23H27F3N2O4S/c1-15(2)12-21(18-6-5-7-19(13-18)23(24,25)26)27-22(30)14-28(4)33(31,32)20-10-8-17(9-11-20)16(3)29/h5-11,13,15,21H,12,14H2,1-4H3,(H,27,30). The van der Waals surface area contributed by atoms with Crippen LogP contribution in [0.15, 0.2) is 53.4 Å². The van der Waals surface area contributed by atoms with Crippen LogP contribution >= 0.6 is 0 Å². The van der Waals surface area contributed by atoms with E-state index >= 15 is 0 Å². The van der Waals surface area contributed by atoms with Crippen LogP contribution in [0.3, 0.4) is 0 Å². The van der Waals surface area contributed by atoms with Crippen molar-refractivity contribution in [2.75, 3.05) is 13.6 Å². The molecule has 0 fully saturated rings. The average Bonchev–Trinajstić information content (AvgIpc) is 2.72. The van der Waals surface area contributed by atoms with Crippen LogP contribution in [-0.2, 0) is 21.0 Å². The fourth-order valence-electron chi connectivity index (χ4n) is 3.25. The Morgan fingerprint density at radius 1 is 1.06 bits per heavy atom. The van der Waals surface area contributed by atoms with E-state index in [-0.39, 0.29) is 22.2 Å². The Balaban J connectivity index is 2.18. The first-order valence-electron chi connectivity index (χ1n) is 10.3. The number of sulfonamides is 1. The highest BCUT2D eigenvalue weighted by Gasteiger charge is 2.31. The van der Waals surface area contributed by atoms with Crippen LogP contribution in [0, 0.1) is 5.92 Å². The molecule has 0 aliphatic heterocycles. The van der Waals surface area contributed by atoms with E-state index in [1.165, 1.54) is 50.4 Å². The van der Waals surface area contributed by atoms with Gasteiger partial charge in [0, 0.05) is 12.6 Å². The molecule has 0 heterocycles. The smallest absolute Gasteiger partial charge is 0.348 e. The first-order valence-corrected chi connectivity index (χ1v) is 11.7. The number of carbonyl (C=O) groups is 2. The summed E-state index contributed by atoms with van der Waals surface area (Å²) >= 11 is 0. The first kappa shape index (κ1) is 26.5. The van der Waals surface area contributed by atoms with Gasteiger partial charge >= 0.3 is 6.18 Å². The molecule has 0 radical (unpaired) electrons. The molecule has 1 unspecified atom stereocenters. The Morgan fingerprint density at radius 2 is 1.67 bits per heavy atom. The van der Waals surface area contributed by atoms with Gasteiger partial charge in [-0.3, -0.25) is 9.59 Å². The second-order valence-electron chi connectivity index (χ2n) is 8.21. The molecule has 2 aromatic rings. The monoisotopic (exact) mass is 484 g/mol. The van der Waals surface area contributed by atoms with Gasteiger partial charge in [0.25, 0.3) is 0 Å². The topological polar surface area (TPSA) is 83.6 Å². The normalized spacial score (nSPS) is 13.2. The summed E-state index contributed by atoms with van der Waals surface area (Å²) in [7, 11) is -2.78. The molecule has 0 saturated heterocycles. The molecule has 0 bridgehead atoms. The lowest BCUT2D eigenvalue weighted by Gasteiger charge is -2.24. The van der Waals surface area contributed by atoms with Crippen LogP contribution in [0.25, 0.3) is 0 Å². The maximum Gasteiger partial charge on any atom is 0.416 e. The molecule has 6 nitrogen and oxygen atoms in total. The van der Waals surface area contributed by atoms with Gasteiger partial charge in [-0.1, -0.05) is 38.1 Å². The molecular weight excluding hydrogens is 457 g/mol. The molecule has 180 valence electrons. The number of carbonyl (C=O) groups excluding carboxylic acids is 2. The lowest BCUT2D eigenvalue weighted by atomic mass is 9.95. The average molecular weight is 485 g/mol. The van der Waals surface area contributed by atoms with Crippen LogP contribution < -0.4 is 5.32 Å². The minimum Gasteiger partial charge on any atom is -0.348 e. The Bertz CT molecular complexity index is 1100. The Labute approximate surface area is 191 Å². The van der Waals surface area contributed by atoms with Gasteiger partial charge in [0.2, 0.25) is 15.9 Å². The molecule has 1 N–H and O–H groups in total. The Hall–Kier alpha value is -2.72. The Morgan fingerprint density at radius 3 is 2.18 bits per heavy atom. The van der Waals surface area contributed by atoms with Crippen molar-refractivity contribution < 1.29 is 31.2 Å². The van der Waals surface area contributed by atoms with Crippen molar-refractivity contribution in [3.05, 3.63) is 65.2 Å². The molecule has 1 atom stereocenters. The van der Waals surface area contributed by atoms with Crippen molar-refractivity contribution in [3.63, 3.8) is 0 Å². The van der Waals surface area contributed by atoms with Gasteiger partial charge in [0.15, 0.2) is 5.78 Å². The van der Waals surface area contributed by atoms with Gasteiger partial charge in [-0.15, -0.1) is 0 Å². The number of hydrogen-bond donors (Lipinski definition) is 1. The summed E-state index contributed by atoms with van der Waals surface area (Å²) in [6, 6.07) is 9.34. The zero-order valence-electron chi connectivity index (χ0n) is 18.8. The number of ketones is 1. The summed E-state index contributed by atoms with van der Waals surface area (Å²) in [6.45, 7) is 4.57. The maximum absolute atomic E-state index is 13.1. The second-order valence-corrected chi connectivity index (χ2v) is 10.3. The predicted molar refractivity (Wildman–Crippen MR) is 118 cm³/mol. The van der Waals surface area contributed by atoms with Gasteiger partial charge in [0.05, 0.1) is 23.0 Å². The number of benzene rings is 2. The highest BCUT2D eigenvalue weighted by Crippen LogP contribution is 2.32. The minimum absolute atomic E-state index is 0.0612. The van der Waals surface area contributed by atoms with Crippen molar-refractivity contribution in [2.24, 2.45) is 5.92 Å². The molecule has 0 spiro atoms. The number of alkyl halides is 3. The largest absolute Gasteiger partial charge is 0.416 e. The fourth-order valence-corrected chi connectivity index (χ4v) is 4.38. The first-order chi connectivity index (χ1) is 15.2. The second kappa shape index (κ2) is 10.5. The van der Waals surface area contributed by atoms with Gasteiger partial charge in [-0.25, -0.2) is 8.42 Å². The third-order valence-electron chi connectivity index (χ3n) is 4.99. The summed E-state index contributed by atoms with van der Waals surface area (Å²) in [4.78, 5) is 23.9. The number of amides is 1. The zero-order chi connectivity index (χ0) is 25.0. The van der Waals surface area contributed by atoms with Crippen molar-refractivity contribution in [1.29, 1.82) is 0 Å². The van der Waals surface area contributed by atoms with E-state index in [4.69, 9.17) is 0 Å². The van der Waals surface area contributed by atoms with E-state index in [0.29, 0.717) is 12.0 Å². The maximum atomic E-state index is 13.1. The minimum atomic E-state index is -4.52. The molecule has 0 aliphatic carbocycles. The molecule has 2 rings (SSSR count). The van der Waals surface area contributed by atoms with E-state index in [0.717, 1.165) is 16.4 Å². The lowest BCUT2D eigenvalue weighted by molar-refractivity contribution is -0.137. The van der Waals surface area contributed by atoms with Gasteiger partial charge in [-0.2, -0.15) is 17.5 Å². The molecule has 0 aromatic heterocycles. The van der Waals surface area contributed by atoms with Crippen molar-refractivity contribution in [1.82, 2.24) is 9.62 Å². The number of rotatable bonds is 9. The summed E-state index contributed by atoms with van der Waals surface area (Å²) in [5.41, 5.74) is -0.180. The van der Waals surface area contributed by atoms with E-state index in [1.807, 2.05) is 13.8 Å². The van der Waals surface area contributed by atoms with Crippen LogP contribution in [0.2, 0.25) is 0 Å². The van der Waals surface area contributed by atoms with E-state index < -0.39 is 40.3 Å². The fraction of sp³-hybridized carbons (Fsp3) is 0.391. The van der Waals surface area contributed by atoms with E-state index in [1.54, 1.807) is 0 Å². The quantitative estimate of drug-likeness (QED) is 0.534. The van der Waals surface area contributed by atoms with E-state index in [9.17, 15) is 31.2 Å². The molecule has 1 amide bonds. The van der Waals surface area contributed by atoms with Gasteiger partial charge in [-0.05, 0) is 49.1 Å². The van der Waals surface area contributed by atoms with Crippen LogP contribution in [0.5, 0.6) is 0 Å². The van der Waals surface area contributed by atoms with Crippen molar-refractivity contribution in [3.8, 4) is 0 Å². The van der Waals surface area contributed by atoms with Crippen LogP contribution in [-0.4, -0.2) is 38.0 Å². The zero-order valence-corrected chi connectivity index (χ0v) is 19.6. The molecular formula is C23H27F3N2O4S.